The Hall–Kier alpha value is -3.72. The molecule has 1 aromatic heterocycles. The predicted octanol–water partition coefficient (Wildman–Crippen LogP) is 10.2. The maximum absolute atomic E-state index is 13.1. The number of rotatable bonds is 9. The number of carboxylic acid groups (broad SMARTS) is 1. The van der Waals surface area contributed by atoms with Crippen LogP contribution in [0.1, 0.15) is 82.9 Å². The van der Waals surface area contributed by atoms with Gasteiger partial charge in [-0.15, -0.1) is 13.2 Å². The first-order valence-electron chi connectivity index (χ1n) is 14.0. The highest BCUT2D eigenvalue weighted by Gasteiger charge is 2.31. The molecule has 3 rings (SSSR count). The Morgan fingerprint density at radius 3 is 2.14 bits per heavy atom. The van der Waals surface area contributed by atoms with Crippen LogP contribution in [0, 0.1) is 6.92 Å². The number of halogens is 4. The number of carboxylic acids is 1. The Labute approximate surface area is 257 Å². The van der Waals surface area contributed by atoms with Crippen molar-refractivity contribution in [3.8, 4) is 5.75 Å². The molecule has 0 spiro atoms. The number of ether oxygens (including phenoxy) is 2. The monoisotopic (exact) mass is 625 g/mol. The summed E-state index contributed by atoms with van der Waals surface area (Å²) in [6, 6.07) is 10.5. The lowest BCUT2D eigenvalue weighted by atomic mass is 10.0. The number of ketones is 1. The average molecular weight is 626 g/mol. The molecule has 6 nitrogen and oxygen atoms in total. The molecule has 238 valence electrons. The molecule has 0 bridgehead atoms. The SMILES string of the molecule is C/C=C/Cn1c(C)c(C(=O)c2ccc(Cl)cc2)c2ccc(OC(F)(F)F)cc21.C=C(CC)OC(C)CC.CC.CC(=O)O. The van der Waals surface area contributed by atoms with E-state index in [4.69, 9.17) is 26.2 Å². The number of benzene rings is 2. The van der Waals surface area contributed by atoms with Crippen molar-refractivity contribution in [1.82, 2.24) is 4.57 Å². The molecule has 0 aliphatic carbocycles. The molecular formula is C33H43ClF3NO5. The molecule has 0 radical (unpaired) electrons. The Bertz CT molecular complexity index is 1340. The Morgan fingerprint density at radius 2 is 1.67 bits per heavy atom. The number of fused-ring (bicyclic) bond motifs is 1. The van der Waals surface area contributed by atoms with Crippen LogP contribution in [-0.2, 0) is 16.1 Å². The Morgan fingerprint density at radius 1 is 1.12 bits per heavy atom. The second-order valence-electron chi connectivity index (χ2n) is 8.95. The molecule has 43 heavy (non-hydrogen) atoms. The van der Waals surface area contributed by atoms with Crippen molar-refractivity contribution in [1.29, 1.82) is 0 Å². The van der Waals surface area contributed by atoms with Crippen LogP contribution in [0.15, 0.2) is 67.0 Å². The molecule has 1 N–H and O–H groups in total. The maximum atomic E-state index is 13.1. The summed E-state index contributed by atoms with van der Waals surface area (Å²) in [5, 5.41) is 8.49. The van der Waals surface area contributed by atoms with Crippen LogP contribution in [0.4, 0.5) is 13.2 Å². The lowest BCUT2D eigenvalue weighted by Crippen LogP contribution is -2.17. The number of carbonyl (C=O) groups is 2. The zero-order chi connectivity index (χ0) is 33.3. The molecule has 0 saturated heterocycles. The number of carbonyl (C=O) groups excluding carboxylic acids is 1. The quantitative estimate of drug-likeness (QED) is 0.145. The van der Waals surface area contributed by atoms with E-state index in [1.54, 1.807) is 35.8 Å². The lowest BCUT2D eigenvalue weighted by Gasteiger charge is -2.12. The molecule has 1 heterocycles. The number of aromatic nitrogens is 1. The van der Waals surface area contributed by atoms with Gasteiger partial charge >= 0.3 is 6.36 Å². The summed E-state index contributed by atoms with van der Waals surface area (Å²) in [4.78, 5) is 22.1. The van der Waals surface area contributed by atoms with E-state index in [2.05, 4.69) is 25.2 Å². The van der Waals surface area contributed by atoms with Gasteiger partial charge in [0.2, 0.25) is 0 Å². The molecule has 0 saturated carbocycles. The number of nitrogens with zero attached hydrogens (tertiary/aromatic N) is 1. The molecule has 0 aliphatic heterocycles. The zero-order valence-electron chi connectivity index (χ0n) is 26.1. The van der Waals surface area contributed by atoms with Gasteiger partial charge in [0.25, 0.3) is 5.97 Å². The number of hydrogen-bond acceptors (Lipinski definition) is 4. The number of aliphatic carboxylic acids is 1. The van der Waals surface area contributed by atoms with E-state index in [1.807, 2.05) is 39.8 Å². The van der Waals surface area contributed by atoms with Crippen LogP contribution >= 0.6 is 11.6 Å². The summed E-state index contributed by atoms with van der Waals surface area (Å²) < 4.78 is 49.0. The highest BCUT2D eigenvalue weighted by molar-refractivity contribution is 6.30. The Kier molecular flexibility index (Phi) is 17.8. The number of allylic oxidation sites excluding steroid dienone is 3. The van der Waals surface area contributed by atoms with Gasteiger partial charge in [-0.2, -0.15) is 0 Å². The van der Waals surface area contributed by atoms with Crippen molar-refractivity contribution in [2.75, 3.05) is 0 Å². The smallest absolute Gasteiger partial charge is 0.496 e. The third-order valence-electron chi connectivity index (χ3n) is 5.72. The minimum Gasteiger partial charge on any atom is -0.496 e. The molecule has 3 aromatic rings. The summed E-state index contributed by atoms with van der Waals surface area (Å²) in [5.41, 5.74) is 2.06. The lowest BCUT2D eigenvalue weighted by molar-refractivity contribution is -0.274. The summed E-state index contributed by atoms with van der Waals surface area (Å²) >= 11 is 5.89. The number of hydrogen-bond donors (Lipinski definition) is 1. The first kappa shape index (κ1) is 39.3. The fraction of sp³-hybridized carbons (Fsp3) is 0.394. The average Bonchev–Trinajstić information content (AvgIpc) is 3.22. The third-order valence-corrected chi connectivity index (χ3v) is 5.98. The highest BCUT2D eigenvalue weighted by atomic mass is 35.5. The van der Waals surface area contributed by atoms with E-state index in [-0.39, 0.29) is 11.5 Å². The van der Waals surface area contributed by atoms with Crippen LogP contribution < -0.4 is 4.74 Å². The van der Waals surface area contributed by atoms with Gasteiger partial charge in [0.1, 0.15) is 5.75 Å². The largest absolute Gasteiger partial charge is 0.573 e. The van der Waals surface area contributed by atoms with Crippen molar-refractivity contribution in [3.63, 3.8) is 0 Å². The standard InChI is InChI=1S/C21H17ClF3NO2.C8H16O.C2H4O2.C2H6/c1-3-4-11-26-13(2)19(20(27)14-5-7-15(22)8-6-14)17-10-9-16(12-18(17)26)28-21(23,24)25;1-5-7(3)9-8(4)6-2;1-2(3)4;1-2/h3-10,12H,11H2,1-2H3;8H,3,5-6H2,1-2,4H3;1H3,(H,3,4);1-2H3/b4-3+;;;. The molecule has 0 aliphatic rings. The van der Waals surface area contributed by atoms with E-state index in [0.29, 0.717) is 45.4 Å². The van der Waals surface area contributed by atoms with Crippen molar-refractivity contribution in [2.24, 2.45) is 0 Å². The van der Waals surface area contributed by atoms with Gasteiger partial charge in [-0.05, 0) is 63.6 Å². The molecule has 0 fully saturated rings. The normalized spacial score (nSPS) is 11.3. The second kappa shape index (κ2) is 19.5. The van der Waals surface area contributed by atoms with E-state index in [9.17, 15) is 18.0 Å². The van der Waals surface area contributed by atoms with E-state index >= 15 is 0 Å². The van der Waals surface area contributed by atoms with Crippen LogP contribution in [0.3, 0.4) is 0 Å². The van der Waals surface area contributed by atoms with Gasteiger partial charge in [0.05, 0.1) is 22.9 Å². The summed E-state index contributed by atoms with van der Waals surface area (Å²) in [6.07, 6.45) is 1.22. The van der Waals surface area contributed by atoms with Gasteiger partial charge in [0, 0.05) is 47.6 Å². The molecule has 2 aromatic carbocycles. The molecule has 1 unspecified atom stereocenters. The van der Waals surface area contributed by atoms with Crippen molar-refractivity contribution < 1.29 is 37.3 Å². The van der Waals surface area contributed by atoms with Crippen LogP contribution in [0.5, 0.6) is 5.75 Å². The van der Waals surface area contributed by atoms with Gasteiger partial charge in [-0.3, -0.25) is 9.59 Å². The first-order chi connectivity index (χ1) is 20.1. The van der Waals surface area contributed by atoms with E-state index in [0.717, 1.165) is 25.5 Å². The summed E-state index contributed by atoms with van der Waals surface area (Å²) in [5.74, 6) is -0.489. The van der Waals surface area contributed by atoms with Gasteiger partial charge in [0.15, 0.2) is 5.78 Å². The van der Waals surface area contributed by atoms with E-state index in [1.165, 1.54) is 18.2 Å². The minimum atomic E-state index is -4.79. The van der Waals surface area contributed by atoms with E-state index < -0.39 is 12.3 Å². The second-order valence-corrected chi connectivity index (χ2v) is 9.39. The van der Waals surface area contributed by atoms with Gasteiger partial charge in [-0.25, -0.2) is 0 Å². The summed E-state index contributed by atoms with van der Waals surface area (Å²) in [7, 11) is 0. The highest BCUT2D eigenvalue weighted by Crippen LogP contribution is 2.33. The maximum Gasteiger partial charge on any atom is 0.573 e. The minimum absolute atomic E-state index is 0.220. The van der Waals surface area contributed by atoms with Crippen LogP contribution in [-0.4, -0.2) is 33.9 Å². The van der Waals surface area contributed by atoms with Gasteiger partial charge in [-0.1, -0.05) is 58.0 Å². The number of alkyl halides is 3. The van der Waals surface area contributed by atoms with Crippen LogP contribution in [0.25, 0.3) is 10.9 Å². The topological polar surface area (TPSA) is 77.8 Å². The Balaban J connectivity index is 0.000000981. The fourth-order valence-corrected chi connectivity index (χ4v) is 3.71. The van der Waals surface area contributed by atoms with Crippen LogP contribution in [0.2, 0.25) is 5.02 Å². The van der Waals surface area contributed by atoms with Gasteiger partial charge < -0.3 is 19.1 Å². The third kappa shape index (κ3) is 13.9. The molecule has 0 amide bonds. The van der Waals surface area contributed by atoms with Crippen molar-refractivity contribution >= 4 is 34.3 Å². The molecular weight excluding hydrogens is 583 g/mol. The zero-order valence-corrected chi connectivity index (χ0v) is 26.9. The molecule has 10 heteroatoms. The predicted molar refractivity (Wildman–Crippen MR) is 168 cm³/mol. The first-order valence-corrected chi connectivity index (χ1v) is 14.4. The van der Waals surface area contributed by atoms with Crippen molar-refractivity contribution in [2.45, 2.75) is 87.2 Å². The van der Waals surface area contributed by atoms with Crippen molar-refractivity contribution in [3.05, 3.63) is 88.8 Å². The molecule has 1 atom stereocenters. The summed E-state index contributed by atoms with van der Waals surface area (Å²) in [6.45, 7) is 19.1. The fourth-order valence-electron chi connectivity index (χ4n) is 3.58.